The molecule has 4 heteroatoms. The van der Waals surface area contributed by atoms with E-state index in [0.29, 0.717) is 0 Å². The first-order chi connectivity index (χ1) is 6.68. The lowest BCUT2D eigenvalue weighted by atomic mass is 9.85. The quantitative estimate of drug-likeness (QED) is 0.730. The Morgan fingerprint density at radius 3 is 3.14 bits per heavy atom. The third-order valence-corrected chi connectivity index (χ3v) is 3.64. The van der Waals surface area contributed by atoms with Crippen molar-refractivity contribution in [2.24, 2.45) is 5.92 Å². The van der Waals surface area contributed by atoms with Gasteiger partial charge in [-0.2, -0.15) is 0 Å². The largest absolute Gasteiger partial charge is 0.294 e. The molecule has 1 aliphatic carbocycles. The van der Waals surface area contributed by atoms with Crippen LogP contribution < -0.4 is 0 Å². The van der Waals surface area contributed by atoms with Crippen molar-refractivity contribution in [2.75, 3.05) is 0 Å². The monoisotopic (exact) mass is 228 g/mol. The fourth-order valence-electron chi connectivity index (χ4n) is 1.80. The molecule has 1 aliphatic rings. The number of aryl methyl sites for hydroxylation is 1. The third-order valence-electron chi connectivity index (χ3n) is 2.51. The van der Waals surface area contributed by atoms with Gasteiger partial charge in [0.25, 0.3) is 0 Å². The third kappa shape index (κ3) is 1.74. The molecule has 1 aromatic rings. The number of halogens is 1. The predicted molar refractivity (Wildman–Crippen MR) is 55.9 cm³/mol. The van der Waals surface area contributed by atoms with Gasteiger partial charge in [0.2, 0.25) is 5.24 Å². The molecule has 0 aromatic carbocycles. The van der Waals surface area contributed by atoms with E-state index in [1.54, 1.807) is 11.3 Å². The van der Waals surface area contributed by atoms with Gasteiger partial charge in [0, 0.05) is 22.8 Å². The number of carbonyl (C=O) groups is 2. The summed E-state index contributed by atoms with van der Waals surface area (Å²) in [5.41, 5.74) is 0.796. The molecule has 2 rings (SSSR count). The van der Waals surface area contributed by atoms with Crippen LogP contribution in [0.25, 0.3) is 0 Å². The maximum atomic E-state index is 11.8. The van der Waals surface area contributed by atoms with Crippen LogP contribution in [0.15, 0.2) is 11.4 Å². The minimum absolute atomic E-state index is 0.0847. The van der Waals surface area contributed by atoms with Gasteiger partial charge in [-0.15, -0.1) is 11.3 Å². The first-order valence-electron chi connectivity index (χ1n) is 4.47. The van der Waals surface area contributed by atoms with Crippen LogP contribution in [0.2, 0.25) is 0 Å². The lowest BCUT2D eigenvalue weighted by molar-refractivity contribution is -0.112. The van der Waals surface area contributed by atoms with Gasteiger partial charge in [0.1, 0.15) is 0 Å². The molecule has 0 amide bonds. The molecule has 0 radical (unpaired) electrons. The minimum atomic E-state index is -0.415. The maximum absolute atomic E-state index is 11.8. The summed E-state index contributed by atoms with van der Waals surface area (Å²) in [5, 5.41) is 1.51. The van der Waals surface area contributed by atoms with Crippen LogP contribution in [0.3, 0.4) is 0 Å². The van der Waals surface area contributed by atoms with Crippen molar-refractivity contribution in [1.82, 2.24) is 0 Å². The zero-order chi connectivity index (χ0) is 10.1. The molecule has 0 saturated heterocycles. The number of rotatable bonds is 2. The molecule has 14 heavy (non-hydrogen) atoms. The SMILES string of the molecule is O=C(Cl)CC1CCc2sccc2C1=O. The molecule has 1 heterocycles. The Morgan fingerprint density at radius 2 is 2.43 bits per heavy atom. The lowest BCUT2D eigenvalue weighted by Gasteiger charge is -2.18. The smallest absolute Gasteiger partial charge is 0.222 e. The highest BCUT2D eigenvalue weighted by atomic mass is 35.5. The summed E-state index contributed by atoms with van der Waals surface area (Å²) in [7, 11) is 0. The van der Waals surface area contributed by atoms with Crippen molar-refractivity contribution in [3.63, 3.8) is 0 Å². The molecule has 0 N–H and O–H groups in total. The summed E-state index contributed by atoms with van der Waals surface area (Å²) in [6.07, 6.45) is 1.83. The highest BCUT2D eigenvalue weighted by molar-refractivity contribution is 7.10. The second kappa shape index (κ2) is 3.83. The van der Waals surface area contributed by atoms with E-state index in [9.17, 15) is 9.59 Å². The molecule has 2 nitrogen and oxygen atoms in total. The van der Waals surface area contributed by atoms with Gasteiger partial charge >= 0.3 is 0 Å². The van der Waals surface area contributed by atoms with E-state index in [1.165, 1.54) is 0 Å². The predicted octanol–water partition coefficient (Wildman–Crippen LogP) is 2.65. The first kappa shape index (κ1) is 9.87. The highest BCUT2D eigenvalue weighted by Gasteiger charge is 2.29. The van der Waals surface area contributed by atoms with Gasteiger partial charge in [-0.1, -0.05) is 0 Å². The summed E-state index contributed by atoms with van der Waals surface area (Å²) in [6.45, 7) is 0. The number of hydrogen-bond donors (Lipinski definition) is 0. The van der Waals surface area contributed by atoms with E-state index >= 15 is 0 Å². The van der Waals surface area contributed by atoms with Crippen molar-refractivity contribution in [3.05, 3.63) is 21.9 Å². The van der Waals surface area contributed by atoms with Crippen LogP contribution in [0.4, 0.5) is 0 Å². The lowest BCUT2D eigenvalue weighted by Crippen LogP contribution is -2.22. The summed E-state index contributed by atoms with van der Waals surface area (Å²) in [6, 6.07) is 1.84. The molecule has 1 atom stereocenters. The van der Waals surface area contributed by atoms with Crippen LogP contribution in [-0.4, -0.2) is 11.0 Å². The number of carbonyl (C=O) groups excluding carboxylic acids is 2. The number of thiophene rings is 1. The van der Waals surface area contributed by atoms with Crippen LogP contribution in [0, 0.1) is 5.92 Å². The van der Waals surface area contributed by atoms with Gasteiger partial charge in [-0.25, -0.2) is 0 Å². The zero-order valence-corrected chi connectivity index (χ0v) is 9.03. The molecule has 74 valence electrons. The molecule has 0 saturated carbocycles. The molecule has 0 spiro atoms. The molecular formula is C10H9ClO2S. The summed E-state index contributed by atoms with van der Waals surface area (Å²) >= 11 is 6.90. The van der Waals surface area contributed by atoms with Crippen molar-refractivity contribution >= 4 is 34.0 Å². The van der Waals surface area contributed by atoms with Crippen molar-refractivity contribution in [2.45, 2.75) is 19.3 Å². The van der Waals surface area contributed by atoms with E-state index in [4.69, 9.17) is 11.6 Å². The molecule has 0 fully saturated rings. The molecule has 0 bridgehead atoms. The van der Waals surface area contributed by atoms with Crippen LogP contribution in [0.1, 0.15) is 28.1 Å². The van der Waals surface area contributed by atoms with Crippen LogP contribution in [-0.2, 0) is 11.2 Å². The average Bonchev–Trinajstić information content (AvgIpc) is 2.57. The van der Waals surface area contributed by atoms with Gasteiger partial charge in [-0.3, -0.25) is 9.59 Å². The van der Waals surface area contributed by atoms with Crippen molar-refractivity contribution in [3.8, 4) is 0 Å². The highest BCUT2D eigenvalue weighted by Crippen LogP contribution is 2.31. The second-order valence-electron chi connectivity index (χ2n) is 3.42. The van der Waals surface area contributed by atoms with Crippen molar-refractivity contribution < 1.29 is 9.59 Å². The van der Waals surface area contributed by atoms with E-state index in [0.717, 1.165) is 23.3 Å². The standard InChI is InChI=1S/C10H9ClO2S/c11-9(12)5-6-1-2-8-7(10(6)13)3-4-14-8/h3-4,6H,1-2,5H2. The molecule has 0 aliphatic heterocycles. The number of ketones is 1. The van der Waals surface area contributed by atoms with E-state index in [-0.39, 0.29) is 18.1 Å². The Balaban J connectivity index is 2.21. The number of hydrogen-bond acceptors (Lipinski definition) is 3. The first-order valence-corrected chi connectivity index (χ1v) is 5.73. The Morgan fingerprint density at radius 1 is 1.64 bits per heavy atom. The fraction of sp³-hybridized carbons (Fsp3) is 0.400. The Hall–Kier alpha value is -0.670. The Bertz CT molecular complexity index is 383. The Labute approximate surface area is 90.9 Å². The van der Waals surface area contributed by atoms with Gasteiger partial charge in [-0.05, 0) is 35.9 Å². The summed E-state index contributed by atoms with van der Waals surface area (Å²) in [5.74, 6) is -0.108. The number of Topliss-reactive ketones (excluding diaryl/α,β-unsaturated/α-hetero) is 1. The van der Waals surface area contributed by atoms with Crippen molar-refractivity contribution in [1.29, 1.82) is 0 Å². The molecular weight excluding hydrogens is 220 g/mol. The fourth-order valence-corrected chi connectivity index (χ4v) is 2.88. The van der Waals surface area contributed by atoms with E-state index in [2.05, 4.69) is 0 Å². The van der Waals surface area contributed by atoms with E-state index < -0.39 is 5.24 Å². The normalized spacial score (nSPS) is 20.6. The van der Waals surface area contributed by atoms with Gasteiger partial charge < -0.3 is 0 Å². The Kier molecular flexibility index (Phi) is 2.70. The van der Waals surface area contributed by atoms with Crippen LogP contribution >= 0.6 is 22.9 Å². The topological polar surface area (TPSA) is 34.1 Å². The van der Waals surface area contributed by atoms with Gasteiger partial charge in [0.05, 0.1) is 0 Å². The minimum Gasteiger partial charge on any atom is -0.294 e. The zero-order valence-electron chi connectivity index (χ0n) is 7.46. The summed E-state index contributed by atoms with van der Waals surface area (Å²) in [4.78, 5) is 23.7. The van der Waals surface area contributed by atoms with E-state index in [1.807, 2.05) is 11.4 Å². The van der Waals surface area contributed by atoms with Gasteiger partial charge in [0.15, 0.2) is 5.78 Å². The average molecular weight is 229 g/mol. The number of fused-ring (bicyclic) bond motifs is 1. The molecule has 1 aromatic heterocycles. The van der Waals surface area contributed by atoms with Crippen LogP contribution in [0.5, 0.6) is 0 Å². The maximum Gasteiger partial charge on any atom is 0.222 e. The second-order valence-corrected chi connectivity index (χ2v) is 4.84. The summed E-state index contributed by atoms with van der Waals surface area (Å²) < 4.78 is 0. The molecule has 1 unspecified atom stereocenters.